The number of carbonyl (C=O) groups excluding carboxylic acids is 1. The lowest BCUT2D eigenvalue weighted by atomic mass is 10.3. The lowest BCUT2D eigenvalue weighted by Gasteiger charge is -2.09. The highest BCUT2D eigenvalue weighted by Crippen LogP contribution is 2.38. The normalized spacial score (nSPS) is 16.5. The van der Waals surface area contributed by atoms with Crippen molar-refractivity contribution in [1.29, 1.82) is 0 Å². The summed E-state index contributed by atoms with van der Waals surface area (Å²) in [5, 5.41) is 1.41. The summed E-state index contributed by atoms with van der Waals surface area (Å²) in [7, 11) is 0. The van der Waals surface area contributed by atoms with Crippen LogP contribution in [-0.2, 0) is 4.79 Å². The molecule has 1 aliphatic heterocycles. The average Bonchev–Trinajstić information content (AvgIpc) is 3.01. The second-order valence-corrected chi connectivity index (χ2v) is 8.78. The van der Waals surface area contributed by atoms with E-state index >= 15 is 0 Å². The Labute approximate surface area is 166 Å². The van der Waals surface area contributed by atoms with Gasteiger partial charge in [-0.25, -0.2) is 0 Å². The van der Waals surface area contributed by atoms with Gasteiger partial charge in [0.2, 0.25) is 0 Å². The fourth-order valence-electron chi connectivity index (χ4n) is 2.02. The predicted molar refractivity (Wildman–Crippen MR) is 108 cm³/mol. The Kier molecular flexibility index (Phi) is 5.77. The molecule has 0 atom stereocenters. The first-order chi connectivity index (χ1) is 11.5. The molecule has 24 heavy (non-hydrogen) atoms. The lowest BCUT2D eigenvalue weighted by molar-refractivity contribution is -0.121. The number of halogens is 2. The number of furan rings is 1. The number of hydrogen-bond acceptors (Lipinski definition) is 5. The number of carbonyl (C=O) groups is 1. The van der Waals surface area contributed by atoms with Gasteiger partial charge in [-0.15, -0.1) is 0 Å². The van der Waals surface area contributed by atoms with Crippen molar-refractivity contribution in [1.82, 2.24) is 4.90 Å². The van der Waals surface area contributed by atoms with Crippen LogP contribution in [-0.4, -0.2) is 21.7 Å². The molecule has 1 saturated heterocycles. The Morgan fingerprint density at radius 3 is 2.75 bits per heavy atom. The quantitative estimate of drug-likeness (QED) is 0.409. The van der Waals surface area contributed by atoms with Gasteiger partial charge in [0.05, 0.1) is 9.38 Å². The molecule has 8 heteroatoms. The topological polar surface area (TPSA) is 33.5 Å². The molecule has 0 aliphatic carbocycles. The van der Waals surface area contributed by atoms with E-state index in [2.05, 4.69) is 15.9 Å². The second kappa shape index (κ2) is 7.66. The number of nitrogens with zero attached hydrogens (tertiary/aromatic N) is 1. The number of likely N-dealkylation sites (N-methyl/N-ethyl adjacent to an activating group) is 1. The molecule has 124 valence electrons. The van der Waals surface area contributed by atoms with Crippen LogP contribution in [0.5, 0.6) is 0 Å². The maximum Gasteiger partial charge on any atom is 0.266 e. The Bertz CT molecular complexity index is 832. The van der Waals surface area contributed by atoms with Gasteiger partial charge in [0.15, 0.2) is 5.09 Å². The fourth-order valence-corrected chi connectivity index (χ4v) is 4.84. The molecule has 2 aromatic rings. The van der Waals surface area contributed by atoms with Gasteiger partial charge in [-0.05, 0) is 53.2 Å². The van der Waals surface area contributed by atoms with Crippen LogP contribution in [0.4, 0.5) is 0 Å². The third-order valence-electron chi connectivity index (χ3n) is 3.16. The SMILES string of the molecule is CCN1C(=O)/C(=C/c2cc(Br)c(Sc3ccc(Cl)cc3)o2)SC1=S. The number of rotatable bonds is 4. The van der Waals surface area contributed by atoms with Gasteiger partial charge in [0.25, 0.3) is 5.91 Å². The minimum absolute atomic E-state index is 0.0769. The van der Waals surface area contributed by atoms with Crippen LogP contribution >= 0.6 is 63.3 Å². The van der Waals surface area contributed by atoms with Crippen molar-refractivity contribution in [3.05, 3.63) is 50.5 Å². The highest BCUT2D eigenvalue weighted by molar-refractivity contribution is 9.10. The first-order valence-corrected chi connectivity index (χ1v) is 10.2. The highest BCUT2D eigenvalue weighted by Gasteiger charge is 2.31. The van der Waals surface area contributed by atoms with E-state index in [1.807, 2.05) is 37.3 Å². The van der Waals surface area contributed by atoms with E-state index in [4.69, 9.17) is 28.2 Å². The number of thioether (sulfide) groups is 1. The number of amides is 1. The zero-order valence-electron chi connectivity index (χ0n) is 12.4. The molecule has 1 aliphatic rings. The van der Waals surface area contributed by atoms with Gasteiger partial charge in [-0.2, -0.15) is 0 Å². The standard InChI is InChI=1S/C16H11BrClNO2S3/c1-2-19-14(20)13(24-16(19)22)8-10-7-12(17)15(21-10)23-11-5-3-9(18)4-6-11/h3-8H,2H2,1H3/b13-8-. The molecule has 0 N–H and O–H groups in total. The molecule has 1 aromatic carbocycles. The molecule has 0 bridgehead atoms. The van der Waals surface area contributed by atoms with Gasteiger partial charge in [-0.1, -0.05) is 47.3 Å². The van der Waals surface area contributed by atoms with Crippen molar-refractivity contribution < 1.29 is 9.21 Å². The van der Waals surface area contributed by atoms with Crippen LogP contribution in [0.2, 0.25) is 5.02 Å². The second-order valence-electron chi connectivity index (χ2n) is 4.77. The van der Waals surface area contributed by atoms with E-state index < -0.39 is 0 Å². The van der Waals surface area contributed by atoms with E-state index in [1.165, 1.54) is 23.5 Å². The van der Waals surface area contributed by atoms with Crippen molar-refractivity contribution >= 4 is 79.6 Å². The Morgan fingerprint density at radius 1 is 1.42 bits per heavy atom. The molecule has 0 unspecified atom stereocenters. The van der Waals surface area contributed by atoms with Crippen molar-refractivity contribution in [3.63, 3.8) is 0 Å². The van der Waals surface area contributed by atoms with E-state index in [9.17, 15) is 4.79 Å². The van der Waals surface area contributed by atoms with E-state index in [-0.39, 0.29) is 5.91 Å². The van der Waals surface area contributed by atoms with Crippen molar-refractivity contribution in [2.75, 3.05) is 6.54 Å². The van der Waals surface area contributed by atoms with Gasteiger partial charge in [0, 0.05) is 22.5 Å². The zero-order valence-corrected chi connectivity index (χ0v) is 17.2. The predicted octanol–water partition coefficient (Wildman–Crippen LogP) is 6.07. The molecular weight excluding hydrogens is 450 g/mol. The van der Waals surface area contributed by atoms with Gasteiger partial charge < -0.3 is 4.42 Å². The largest absolute Gasteiger partial charge is 0.449 e. The fraction of sp³-hybridized carbons (Fsp3) is 0.125. The summed E-state index contributed by atoms with van der Waals surface area (Å²) in [5.41, 5.74) is 0. The summed E-state index contributed by atoms with van der Waals surface area (Å²) in [5.74, 6) is 0.530. The minimum Gasteiger partial charge on any atom is -0.449 e. The van der Waals surface area contributed by atoms with Gasteiger partial charge in [-0.3, -0.25) is 9.69 Å². The van der Waals surface area contributed by atoms with Gasteiger partial charge >= 0.3 is 0 Å². The minimum atomic E-state index is -0.0769. The van der Waals surface area contributed by atoms with E-state index in [0.29, 0.717) is 26.6 Å². The molecule has 2 heterocycles. The number of hydrogen-bond donors (Lipinski definition) is 0. The molecule has 0 radical (unpaired) electrons. The average molecular weight is 461 g/mol. The van der Waals surface area contributed by atoms with Gasteiger partial charge in [0.1, 0.15) is 10.1 Å². The Morgan fingerprint density at radius 2 is 2.12 bits per heavy atom. The van der Waals surface area contributed by atoms with Crippen LogP contribution in [0.3, 0.4) is 0 Å². The van der Waals surface area contributed by atoms with Crippen LogP contribution in [0, 0.1) is 0 Å². The maximum absolute atomic E-state index is 12.2. The third kappa shape index (κ3) is 3.91. The third-order valence-corrected chi connectivity index (χ3v) is 6.64. The van der Waals surface area contributed by atoms with Crippen LogP contribution in [0.15, 0.2) is 54.1 Å². The monoisotopic (exact) mass is 459 g/mol. The number of thiocarbonyl (C=S) groups is 1. The van der Waals surface area contributed by atoms with E-state index in [1.54, 1.807) is 11.0 Å². The molecule has 0 saturated carbocycles. The summed E-state index contributed by atoms with van der Waals surface area (Å²) in [6, 6.07) is 9.36. The van der Waals surface area contributed by atoms with Crippen molar-refractivity contribution in [2.24, 2.45) is 0 Å². The number of benzene rings is 1. The molecule has 3 nitrogen and oxygen atoms in total. The highest BCUT2D eigenvalue weighted by atomic mass is 79.9. The van der Waals surface area contributed by atoms with Crippen molar-refractivity contribution in [3.8, 4) is 0 Å². The molecule has 3 rings (SSSR count). The van der Waals surface area contributed by atoms with E-state index in [0.717, 1.165) is 14.5 Å². The first-order valence-electron chi connectivity index (χ1n) is 6.96. The van der Waals surface area contributed by atoms with Crippen LogP contribution in [0.1, 0.15) is 12.7 Å². The molecule has 1 amide bonds. The van der Waals surface area contributed by atoms with Crippen LogP contribution in [0.25, 0.3) is 6.08 Å². The summed E-state index contributed by atoms with van der Waals surface area (Å²) in [6.45, 7) is 2.47. The van der Waals surface area contributed by atoms with Crippen LogP contribution < -0.4 is 0 Å². The zero-order chi connectivity index (χ0) is 17.3. The maximum atomic E-state index is 12.2. The summed E-state index contributed by atoms with van der Waals surface area (Å²) in [6.07, 6.45) is 1.73. The molecule has 1 fully saturated rings. The molecule has 0 spiro atoms. The molecule has 1 aromatic heterocycles. The summed E-state index contributed by atoms with van der Waals surface area (Å²) >= 11 is 17.4. The summed E-state index contributed by atoms with van der Waals surface area (Å²) in [4.78, 5) is 15.4. The van der Waals surface area contributed by atoms with Crippen molar-refractivity contribution in [2.45, 2.75) is 16.9 Å². The Hall–Kier alpha value is -0.730. The lowest BCUT2D eigenvalue weighted by Crippen LogP contribution is -2.27. The Balaban J connectivity index is 1.82. The molecular formula is C16H11BrClNO2S3. The summed E-state index contributed by atoms with van der Waals surface area (Å²) < 4.78 is 7.25. The first kappa shape index (κ1) is 18.1. The smallest absolute Gasteiger partial charge is 0.266 e.